The molecule has 0 fully saturated rings. The number of methoxy groups -OCH3 is 2. The molecule has 0 heterocycles. The van der Waals surface area contributed by atoms with Gasteiger partial charge in [0.1, 0.15) is 11.5 Å². The molecular formula is C16H18BrNO2. The van der Waals surface area contributed by atoms with Gasteiger partial charge in [-0.2, -0.15) is 0 Å². The van der Waals surface area contributed by atoms with Crippen molar-refractivity contribution in [1.29, 1.82) is 0 Å². The number of hydrogen-bond acceptors (Lipinski definition) is 3. The van der Waals surface area contributed by atoms with E-state index in [-0.39, 0.29) is 6.04 Å². The van der Waals surface area contributed by atoms with Crippen molar-refractivity contribution >= 4 is 15.9 Å². The molecule has 106 valence electrons. The van der Waals surface area contributed by atoms with Crippen LogP contribution in [0.5, 0.6) is 11.5 Å². The molecule has 0 aromatic heterocycles. The number of hydrogen-bond donors (Lipinski definition) is 1. The lowest BCUT2D eigenvalue weighted by atomic mass is 9.99. The minimum atomic E-state index is 0.128. The van der Waals surface area contributed by atoms with E-state index in [0.29, 0.717) is 0 Å². The Morgan fingerprint density at radius 2 is 1.60 bits per heavy atom. The van der Waals surface area contributed by atoms with Crippen LogP contribution in [0, 0.1) is 0 Å². The number of benzene rings is 2. The summed E-state index contributed by atoms with van der Waals surface area (Å²) in [5.41, 5.74) is 2.36. The Labute approximate surface area is 128 Å². The van der Waals surface area contributed by atoms with Crippen LogP contribution in [0.2, 0.25) is 0 Å². The second-order valence-electron chi connectivity index (χ2n) is 4.39. The largest absolute Gasteiger partial charge is 0.497 e. The summed E-state index contributed by atoms with van der Waals surface area (Å²) in [6.07, 6.45) is 0. The molecular weight excluding hydrogens is 318 g/mol. The fourth-order valence-electron chi connectivity index (χ4n) is 2.18. The quantitative estimate of drug-likeness (QED) is 0.902. The van der Waals surface area contributed by atoms with Gasteiger partial charge in [0.15, 0.2) is 0 Å². The highest BCUT2D eigenvalue weighted by atomic mass is 79.9. The van der Waals surface area contributed by atoms with Crippen molar-refractivity contribution in [2.75, 3.05) is 21.3 Å². The number of rotatable bonds is 5. The third kappa shape index (κ3) is 3.14. The Kier molecular flexibility index (Phi) is 5.04. The van der Waals surface area contributed by atoms with E-state index in [2.05, 4.69) is 45.5 Å². The minimum absolute atomic E-state index is 0.128. The normalized spacial score (nSPS) is 12.0. The van der Waals surface area contributed by atoms with Crippen molar-refractivity contribution < 1.29 is 9.47 Å². The lowest BCUT2D eigenvalue weighted by molar-refractivity contribution is 0.412. The molecule has 0 saturated heterocycles. The number of ether oxygens (including phenoxy) is 2. The summed E-state index contributed by atoms with van der Waals surface area (Å²) >= 11 is 3.53. The average Bonchev–Trinajstić information content (AvgIpc) is 2.49. The van der Waals surface area contributed by atoms with Crippen LogP contribution in [-0.2, 0) is 0 Å². The van der Waals surface area contributed by atoms with Crippen molar-refractivity contribution in [2.24, 2.45) is 0 Å². The third-order valence-electron chi connectivity index (χ3n) is 3.25. The Morgan fingerprint density at radius 3 is 2.10 bits per heavy atom. The van der Waals surface area contributed by atoms with Gasteiger partial charge in [0.05, 0.1) is 24.7 Å². The van der Waals surface area contributed by atoms with Crippen molar-refractivity contribution in [3.8, 4) is 11.5 Å². The first kappa shape index (κ1) is 14.9. The molecule has 2 aromatic carbocycles. The standard InChI is InChI=1S/C16H18BrNO2/c1-18-16(11-4-7-13(19-2)8-5-11)12-6-9-15(20-3)14(17)10-12/h4-10,16,18H,1-3H3. The van der Waals surface area contributed by atoms with Gasteiger partial charge < -0.3 is 14.8 Å². The zero-order valence-electron chi connectivity index (χ0n) is 11.8. The lowest BCUT2D eigenvalue weighted by Crippen LogP contribution is -2.17. The number of halogens is 1. The van der Waals surface area contributed by atoms with Crippen LogP contribution in [0.1, 0.15) is 17.2 Å². The topological polar surface area (TPSA) is 30.5 Å². The highest BCUT2D eigenvalue weighted by molar-refractivity contribution is 9.10. The highest BCUT2D eigenvalue weighted by Gasteiger charge is 2.13. The maximum Gasteiger partial charge on any atom is 0.133 e. The molecule has 0 spiro atoms. The molecule has 1 atom stereocenters. The molecule has 0 aliphatic heterocycles. The van der Waals surface area contributed by atoms with Crippen LogP contribution in [0.4, 0.5) is 0 Å². The molecule has 1 unspecified atom stereocenters. The molecule has 20 heavy (non-hydrogen) atoms. The molecule has 0 amide bonds. The molecule has 3 nitrogen and oxygen atoms in total. The van der Waals surface area contributed by atoms with Gasteiger partial charge in [-0.3, -0.25) is 0 Å². The van der Waals surface area contributed by atoms with Gasteiger partial charge in [0.2, 0.25) is 0 Å². The van der Waals surface area contributed by atoms with Crippen molar-refractivity contribution in [2.45, 2.75) is 6.04 Å². The van der Waals surface area contributed by atoms with E-state index in [0.717, 1.165) is 16.0 Å². The highest BCUT2D eigenvalue weighted by Crippen LogP contribution is 2.31. The van der Waals surface area contributed by atoms with E-state index in [1.807, 2.05) is 25.2 Å². The van der Waals surface area contributed by atoms with Crippen LogP contribution >= 0.6 is 15.9 Å². The maximum absolute atomic E-state index is 5.27. The first-order valence-corrected chi connectivity index (χ1v) is 7.13. The molecule has 1 N–H and O–H groups in total. The first-order chi connectivity index (χ1) is 9.69. The predicted octanol–water partition coefficient (Wildman–Crippen LogP) is 3.78. The minimum Gasteiger partial charge on any atom is -0.497 e. The SMILES string of the molecule is CNC(c1ccc(OC)cc1)c1ccc(OC)c(Br)c1. The molecule has 0 saturated carbocycles. The Hall–Kier alpha value is -1.52. The van der Waals surface area contributed by atoms with Crippen LogP contribution in [0.25, 0.3) is 0 Å². The first-order valence-electron chi connectivity index (χ1n) is 6.34. The van der Waals surface area contributed by atoms with E-state index < -0.39 is 0 Å². The summed E-state index contributed by atoms with van der Waals surface area (Å²) in [6.45, 7) is 0. The summed E-state index contributed by atoms with van der Waals surface area (Å²) in [5.74, 6) is 1.69. The summed E-state index contributed by atoms with van der Waals surface area (Å²) in [4.78, 5) is 0. The molecule has 2 rings (SSSR count). The van der Waals surface area contributed by atoms with Crippen molar-refractivity contribution in [3.63, 3.8) is 0 Å². The fraction of sp³-hybridized carbons (Fsp3) is 0.250. The van der Waals surface area contributed by atoms with Gasteiger partial charge in [-0.15, -0.1) is 0 Å². The summed E-state index contributed by atoms with van der Waals surface area (Å²) in [5, 5.41) is 3.33. The summed E-state index contributed by atoms with van der Waals surface area (Å²) in [6, 6.07) is 14.3. The fourth-order valence-corrected chi connectivity index (χ4v) is 2.74. The average molecular weight is 336 g/mol. The van der Waals surface area contributed by atoms with E-state index in [4.69, 9.17) is 9.47 Å². The maximum atomic E-state index is 5.27. The Bertz CT molecular complexity index is 569. The van der Waals surface area contributed by atoms with E-state index in [1.165, 1.54) is 11.1 Å². The van der Waals surface area contributed by atoms with Gasteiger partial charge in [-0.1, -0.05) is 18.2 Å². The lowest BCUT2D eigenvalue weighted by Gasteiger charge is -2.18. The van der Waals surface area contributed by atoms with Gasteiger partial charge in [0.25, 0.3) is 0 Å². The second-order valence-corrected chi connectivity index (χ2v) is 5.24. The Balaban J connectivity index is 2.33. The summed E-state index contributed by atoms with van der Waals surface area (Å²) in [7, 11) is 5.29. The predicted molar refractivity (Wildman–Crippen MR) is 84.6 cm³/mol. The zero-order valence-corrected chi connectivity index (χ0v) is 13.4. The van der Waals surface area contributed by atoms with Crippen LogP contribution in [-0.4, -0.2) is 21.3 Å². The van der Waals surface area contributed by atoms with Crippen molar-refractivity contribution in [1.82, 2.24) is 5.32 Å². The molecule has 0 aliphatic carbocycles. The van der Waals surface area contributed by atoms with Gasteiger partial charge in [0, 0.05) is 0 Å². The Morgan fingerprint density at radius 1 is 0.950 bits per heavy atom. The van der Waals surface area contributed by atoms with E-state index >= 15 is 0 Å². The molecule has 0 bridgehead atoms. The van der Waals surface area contributed by atoms with Gasteiger partial charge in [-0.05, 0) is 58.4 Å². The zero-order chi connectivity index (χ0) is 14.5. The molecule has 0 radical (unpaired) electrons. The second kappa shape index (κ2) is 6.77. The van der Waals surface area contributed by atoms with Crippen LogP contribution in [0.15, 0.2) is 46.9 Å². The van der Waals surface area contributed by atoms with Gasteiger partial charge in [-0.25, -0.2) is 0 Å². The molecule has 2 aromatic rings. The smallest absolute Gasteiger partial charge is 0.133 e. The van der Waals surface area contributed by atoms with E-state index in [1.54, 1.807) is 14.2 Å². The number of nitrogens with one attached hydrogen (secondary N) is 1. The van der Waals surface area contributed by atoms with Crippen LogP contribution in [0.3, 0.4) is 0 Å². The third-order valence-corrected chi connectivity index (χ3v) is 3.87. The van der Waals surface area contributed by atoms with Gasteiger partial charge >= 0.3 is 0 Å². The van der Waals surface area contributed by atoms with Crippen LogP contribution < -0.4 is 14.8 Å². The monoisotopic (exact) mass is 335 g/mol. The van der Waals surface area contributed by atoms with Crippen molar-refractivity contribution in [3.05, 3.63) is 58.1 Å². The molecule has 0 aliphatic rings. The van der Waals surface area contributed by atoms with E-state index in [9.17, 15) is 0 Å². The molecule has 4 heteroatoms. The summed E-state index contributed by atoms with van der Waals surface area (Å²) < 4.78 is 11.4.